The van der Waals surface area contributed by atoms with Crippen LogP contribution in [-0.2, 0) is 9.53 Å². The Morgan fingerprint density at radius 3 is 2.68 bits per heavy atom. The summed E-state index contributed by atoms with van der Waals surface area (Å²) in [6, 6.07) is 13.3. The topological polar surface area (TPSA) is 51.2 Å². The number of benzene rings is 1. The zero-order valence-corrected chi connectivity index (χ0v) is 12.7. The summed E-state index contributed by atoms with van der Waals surface area (Å²) < 4.78 is 5.89. The number of carbonyl (C=O) groups excluding carboxylic acids is 1. The number of pyridine rings is 1. The minimum absolute atomic E-state index is 0.0553. The molecule has 22 heavy (non-hydrogen) atoms. The number of aromatic nitrogens is 1. The number of Topliss-reactive ketones (excluding diaryl/α,β-unsaturated/α-hetero) is 1. The summed E-state index contributed by atoms with van der Waals surface area (Å²) in [7, 11) is 0. The van der Waals surface area contributed by atoms with E-state index >= 15 is 0 Å². The molecule has 0 fully saturated rings. The maximum atomic E-state index is 12.8. The lowest BCUT2D eigenvalue weighted by molar-refractivity contribution is -0.120. The molecule has 1 aliphatic heterocycles. The van der Waals surface area contributed by atoms with Gasteiger partial charge < -0.3 is 10.1 Å². The van der Waals surface area contributed by atoms with Crippen LogP contribution in [-0.4, -0.2) is 17.3 Å². The van der Waals surface area contributed by atoms with Gasteiger partial charge in [0.25, 0.3) is 0 Å². The second kappa shape index (κ2) is 6.02. The van der Waals surface area contributed by atoms with E-state index in [1.165, 1.54) is 0 Å². The molecular weight excluding hydrogens is 276 g/mol. The van der Waals surface area contributed by atoms with Gasteiger partial charge >= 0.3 is 0 Å². The van der Waals surface area contributed by atoms with Gasteiger partial charge in [-0.15, -0.1) is 0 Å². The van der Waals surface area contributed by atoms with Crippen LogP contribution in [0.2, 0.25) is 0 Å². The fraction of sp³-hybridized carbons (Fsp3) is 0.222. The Balaban J connectivity index is 2.01. The Morgan fingerprint density at radius 1 is 1.23 bits per heavy atom. The predicted molar refractivity (Wildman–Crippen MR) is 84.8 cm³/mol. The van der Waals surface area contributed by atoms with Crippen molar-refractivity contribution < 1.29 is 9.53 Å². The van der Waals surface area contributed by atoms with Gasteiger partial charge in [-0.25, -0.2) is 0 Å². The maximum Gasteiger partial charge on any atom is 0.215 e. The van der Waals surface area contributed by atoms with Gasteiger partial charge in [0.15, 0.2) is 6.10 Å². The lowest BCUT2D eigenvalue weighted by Gasteiger charge is -2.12. The monoisotopic (exact) mass is 294 g/mol. The summed E-state index contributed by atoms with van der Waals surface area (Å²) in [4.78, 5) is 17.2. The van der Waals surface area contributed by atoms with Crippen molar-refractivity contribution >= 4 is 11.4 Å². The number of nitrogens with zero attached hydrogens (tertiary/aromatic N) is 1. The summed E-state index contributed by atoms with van der Waals surface area (Å²) in [6.07, 6.45) is 1.11. The molecular formula is C18H18N2O2. The van der Waals surface area contributed by atoms with Gasteiger partial charge in [0.05, 0.1) is 5.69 Å². The highest BCUT2D eigenvalue weighted by atomic mass is 16.5. The molecule has 0 amide bonds. The summed E-state index contributed by atoms with van der Waals surface area (Å²) in [5, 5.41) is 3.14. The molecule has 0 aliphatic carbocycles. The first kappa shape index (κ1) is 14.3. The second-order valence-electron chi connectivity index (χ2n) is 5.23. The summed E-state index contributed by atoms with van der Waals surface area (Å²) in [5.74, 6) is 0.458. The van der Waals surface area contributed by atoms with Gasteiger partial charge in [-0.3, -0.25) is 9.78 Å². The number of ether oxygens (including phenoxy) is 1. The molecule has 1 aliphatic rings. The molecule has 1 atom stereocenters. The third kappa shape index (κ3) is 2.60. The molecule has 3 rings (SSSR count). The van der Waals surface area contributed by atoms with Gasteiger partial charge in [-0.1, -0.05) is 30.3 Å². The Morgan fingerprint density at radius 2 is 2.00 bits per heavy atom. The highest BCUT2D eigenvalue weighted by Gasteiger charge is 2.37. The standard InChI is InChI=1S/C18H18N2O2/c1-3-19-18-15(14-11-12(2)9-10-20-14)16(21)17(22-18)13-7-5-4-6-8-13/h4-11,17,19H,3H2,1-2H3/t17-/m1/s1. The Labute approximate surface area is 129 Å². The van der Waals surface area contributed by atoms with Crippen LogP contribution >= 0.6 is 0 Å². The molecule has 1 aromatic carbocycles. The van der Waals surface area contributed by atoms with E-state index < -0.39 is 6.10 Å². The average Bonchev–Trinajstić information content (AvgIpc) is 2.85. The van der Waals surface area contributed by atoms with E-state index in [1.54, 1.807) is 6.20 Å². The van der Waals surface area contributed by atoms with Crippen LogP contribution < -0.4 is 5.32 Å². The molecule has 0 saturated carbocycles. The van der Waals surface area contributed by atoms with Crippen LogP contribution in [0.4, 0.5) is 0 Å². The Hall–Kier alpha value is -2.62. The number of ketones is 1. The van der Waals surface area contributed by atoms with Crippen LogP contribution in [0.1, 0.15) is 29.8 Å². The molecule has 0 radical (unpaired) electrons. The van der Waals surface area contributed by atoms with Gasteiger partial charge in [0.1, 0.15) is 5.57 Å². The molecule has 0 unspecified atom stereocenters. The van der Waals surface area contributed by atoms with Crippen LogP contribution in [0.5, 0.6) is 0 Å². The highest BCUT2D eigenvalue weighted by molar-refractivity contribution is 6.24. The smallest absolute Gasteiger partial charge is 0.215 e. The molecule has 1 N–H and O–H groups in total. The number of carbonyl (C=O) groups is 1. The molecule has 0 spiro atoms. The van der Waals surface area contributed by atoms with Crippen molar-refractivity contribution in [3.63, 3.8) is 0 Å². The first-order valence-electron chi connectivity index (χ1n) is 7.37. The number of hydrogen-bond acceptors (Lipinski definition) is 4. The molecule has 112 valence electrons. The first-order valence-corrected chi connectivity index (χ1v) is 7.37. The van der Waals surface area contributed by atoms with Gasteiger partial charge in [0.2, 0.25) is 11.7 Å². The van der Waals surface area contributed by atoms with Crippen molar-refractivity contribution in [1.29, 1.82) is 0 Å². The molecule has 4 heteroatoms. The average molecular weight is 294 g/mol. The van der Waals surface area contributed by atoms with E-state index in [4.69, 9.17) is 4.74 Å². The molecule has 0 saturated heterocycles. The van der Waals surface area contributed by atoms with E-state index in [-0.39, 0.29) is 5.78 Å². The summed E-state index contributed by atoms with van der Waals surface area (Å²) in [6.45, 7) is 4.63. The van der Waals surface area contributed by atoms with Crippen molar-refractivity contribution in [3.8, 4) is 0 Å². The highest BCUT2D eigenvalue weighted by Crippen LogP contribution is 2.36. The summed E-state index contributed by atoms with van der Waals surface area (Å²) >= 11 is 0. The van der Waals surface area contributed by atoms with E-state index in [9.17, 15) is 4.79 Å². The number of hydrogen-bond donors (Lipinski definition) is 1. The van der Waals surface area contributed by atoms with Crippen LogP contribution in [0, 0.1) is 6.92 Å². The van der Waals surface area contributed by atoms with Crippen LogP contribution in [0.3, 0.4) is 0 Å². The van der Waals surface area contributed by atoms with E-state index in [0.29, 0.717) is 23.7 Å². The first-order chi connectivity index (χ1) is 10.7. The number of nitrogens with one attached hydrogen (secondary N) is 1. The fourth-order valence-corrected chi connectivity index (χ4v) is 2.53. The largest absolute Gasteiger partial charge is 0.462 e. The Kier molecular flexibility index (Phi) is 3.92. The van der Waals surface area contributed by atoms with E-state index in [2.05, 4.69) is 10.3 Å². The minimum atomic E-state index is -0.604. The van der Waals surface area contributed by atoms with E-state index in [0.717, 1.165) is 11.1 Å². The molecule has 2 heterocycles. The lowest BCUT2D eigenvalue weighted by Crippen LogP contribution is -2.14. The molecule has 2 aromatic rings. The molecule has 4 nitrogen and oxygen atoms in total. The second-order valence-corrected chi connectivity index (χ2v) is 5.23. The normalized spacial score (nSPS) is 17.5. The lowest BCUT2D eigenvalue weighted by atomic mass is 9.99. The number of aryl methyl sites for hydroxylation is 1. The van der Waals surface area contributed by atoms with Crippen molar-refractivity contribution in [2.45, 2.75) is 20.0 Å². The third-order valence-electron chi connectivity index (χ3n) is 3.56. The van der Waals surface area contributed by atoms with Gasteiger partial charge in [0, 0.05) is 18.3 Å². The number of rotatable bonds is 4. The van der Waals surface area contributed by atoms with Crippen molar-refractivity contribution in [1.82, 2.24) is 10.3 Å². The maximum absolute atomic E-state index is 12.8. The van der Waals surface area contributed by atoms with Crippen molar-refractivity contribution in [3.05, 3.63) is 71.4 Å². The SMILES string of the molecule is CCNC1=C(c2cc(C)ccn2)C(=O)[C@@H](c2ccccc2)O1. The molecule has 1 aromatic heterocycles. The Bertz CT molecular complexity index is 723. The van der Waals surface area contributed by atoms with Gasteiger partial charge in [-0.2, -0.15) is 0 Å². The quantitative estimate of drug-likeness (QED) is 0.941. The fourth-order valence-electron chi connectivity index (χ4n) is 2.53. The predicted octanol–water partition coefficient (Wildman–Crippen LogP) is 3.01. The minimum Gasteiger partial charge on any atom is -0.462 e. The van der Waals surface area contributed by atoms with E-state index in [1.807, 2.05) is 56.3 Å². The zero-order chi connectivity index (χ0) is 15.5. The van der Waals surface area contributed by atoms with Crippen molar-refractivity contribution in [2.75, 3.05) is 6.54 Å². The van der Waals surface area contributed by atoms with Crippen LogP contribution in [0.15, 0.2) is 54.5 Å². The van der Waals surface area contributed by atoms with Gasteiger partial charge in [-0.05, 0) is 31.5 Å². The zero-order valence-electron chi connectivity index (χ0n) is 12.7. The van der Waals surface area contributed by atoms with Crippen molar-refractivity contribution in [2.24, 2.45) is 0 Å². The summed E-state index contributed by atoms with van der Waals surface area (Å²) in [5.41, 5.74) is 3.09. The third-order valence-corrected chi connectivity index (χ3v) is 3.56. The van der Waals surface area contributed by atoms with Crippen LogP contribution in [0.25, 0.3) is 5.57 Å². The molecule has 0 bridgehead atoms.